The average Bonchev–Trinajstić information content (AvgIpc) is 3.51. The van der Waals surface area contributed by atoms with Crippen molar-refractivity contribution < 1.29 is 9.59 Å². The van der Waals surface area contributed by atoms with Crippen molar-refractivity contribution in [3.05, 3.63) is 24.0 Å². The van der Waals surface area contributed by atoms with Gasteiger partial charge in [0.1, 0.15) is 5.82 Å². The monoisotopic (exact) mass is 535 g/mol. The van der Waals surface area contributed by atoms with Gasteiger partial charge in [0.25, 0.3) is 0 Å². The van der Waals surface area contributed by atoms with Crippen molar-refractivity contribution in [3.63, 3.8) is 0 Å². The molecule has 2 aromatic heterocycles. The minimum absolute atomic E-state index is 0.0906. The SMILES string of the molecule is Nc1nccc(Nc2cc(C3CCC(N(C(=O)NC4CCN(C(=O)C5CC5)CC4)C4CCCCC4)C3)[nH]n2)n1. The van der Waals surface area contributed by atoms with Crippen molar-refractivity contribution in [1.82, 2.24) is 35.3 Å². The van der Waals surface area contributed by atoms with Crippen LogP contribution in [0.2, 0.25) is 0 Å². The fourth-order valence-corrected chi connectivity index (χ4v) is 6.75. The number of carbonyl (C=O) groups is 2. The molecule has 2 aromatic rings. The van der Waals surface area contributed by atoms with Gasteiger partial charge in [0, 0.05) is 61.0 Å². The summed E-state index contributed by atoms with van der Waals surface area (Å²) >= 11 is 0. The number of aromatic amines is 1. The molecule has 11 nitrogen and oxygen atoms in total. The molecule has 4 aliphatic rings. The third kappa shape index (κ3) is 6.12. The maximum absolute atomic E-state index is 13.8. The summed E-state index contributed by atoms with van der Waals surface area (Å²) in [5.74, 6) is 2.42. The van der Waals surface area contributed by atoms with Crippen molar-refractivity contribution in [1.29, 1.82) is 0 Å². The molecule has 1 saturated heterocycles. The minimum Gasteiger partial charge on any atom is -0.368 e. The Labute approximate surface area is 229 Å². The number of piperidine rings is 1. The topological polar surface area (TPSA) is 145 Å². The average molecular weight is 536 g/mol. The molecular formula is C28H41N9O2. The number of likely N-dealkylation sites (tertiary alicyclic amines) is 1. The summed E-state index contributed by atoms with van der Waals surface area (Å²) in [6.45, 7) is 1.51. The van der Waals surface area contributed by atoms with Crippen molar-refractivity contribution >= 4 is 29.5 Å². The first kappa shape index (κ1) is 25.9. The number of amides is 3. The van der Waals surface area contributed by atoms with E-state index in [1.54, 1.807) is 12.3 Å². The second-order valence-electron chi connectivity index (χ2n) is 11.8. The van der Waals surface area contributed by atoms with Crippen LogP contribution >= 0.6 is 0 Å². The van der Waals surface area contributed by atoms with Crippen LogP contribution in [0.25, 0.3) is 0 Å². The van der Waals surface area contributed by atoms with E-state index in [0.29, 0.717) is 29.5 Å². The molecule has 0 aromatic carbocycles. The fourth-order valence-electron chi connectivity index (χ4n) is 6.75. The quantitative estimate of drug-likeness (QED) is 0.421. The van der Waals surface area contributed by atoms with Gasteiger partial charge in [0.2, 0.25) is 11.9 Å². The molecule has 11 heteroatoms. The molecule has 5 N–H and O–H groups in total. The molecule has 6 rings (SSSR count). The highest BCUT2D eigenvalue weighted by atomic mass is 16.2. The predicted octanol–water partition coefficient (Wildman–Crippen LogP) is 3.91. The van der Waals surface area contributed by atoms with Gasteiger partial charge < -0.3 is 26.2 Å². The third-order valence-electron chi connectivity index (χ3n) is 9.03. The molecule has 2 unspecified atom stereocenters. The van der Waals surface area contributed by atoms with Gasteiger partial charge in [-0.1, -0.05) is 19.3 Å². The zero-order valence-electron chi connectivity index (χ0n) is 22.6. The van der Waals surface area contributed by atoms with E-state index in [0.717, 1.165) is 76.6 Å². The molecule has 3 aliphatic carbocycles. The molecule has 3 amide bonds. The van der Waals surface area contributed by atoms with Crippen LogP contribution in [0, 0.1) is 5.92 Å². The minimum atomic E-state index is 0.0906. The van der Waals surface area contributed by atoms with Crippen LogP contribution in [-0.4, -0.2) is 73.1 Å². The molecule has 39 heavy (non-hydrogen) atoms. The molecule has 2 atom stereocenters. The van der Waals surface area contributed by atoms with E-state index < -0.39 is 0 Å². The van der Waals surface area contributed by atoms with Gasteiger partial charge >= 0.3 is 6.03 Å². The second kappa shape index (κ2) is 11.4. The van der Waals surface area contributed by atoms with E-state index in [4.69, 9.17) is 5.73 Å². The van der Waals surface area contributed by atoms with E-state index >= 15 is 0 Å². The lowest BCUT2D eigenvalue weighted by molar-refractivity contribution is -0.133. The van der Waals surface area contributed by atoms with Gasteiger partial charge in [-0.2, -0.15) is 10.1 Å². The van der Waals surface area contributed by atoms with E-state index in [9.17, 15) is 9.59 Å². The first-order chi connectivity index (χ1) is 19.0. The Morgan fingerprint density at radius 3 is 2.51 bits per heavy atom. The van der Waals surface area contributed by atoms with Gasteiger partial charge in [-0.3, -0.25) is 9.89 Å². The number of anilines is 3. The van der Waals surface area contributed by atoms with Crippen molar-refractivity contribution in [3.8, 4) is 0 Å². The molecule has 210 valence electrons. The number of carbonyl (C=O) groups excluding carboxylic acids is 2. The molecule has 3 saturated carbocycles. The fraction of sp³-hybridized carbons (Fsp3) is 0.679. The normalized spacial score (nSPS) is 24.5. The van der Waals surface area contributed by atoms with Gasteiger partial charge in [-0.25, -0.2) is 9.78 Å². The van der Waals surface area contributed by atoms with Gasteiger partial charge in [-0.15, -0.1) is 0 Å². The summed E-state index contributed by atoms with van der Waals surface area (Å²) in [5.41, 5.74) is 6.78. The smallest absolute Gasteiger partial charge is 0.318 e. The Balaban J connectivity index is 1.08. The summed E-state index contributed by atoms with van der Waals surface area (Å²) in [6, 6.07) is 4.55. The highest BCUT2D eigenvalue weighted by Crippen LogP contribution is 2.39. The number of nitrogens with two attached hydrogens (primary N) is 1. The maximum atomic E-state index is 13.8. The number of hydrogen-bond acceptors (Lipinski definition) is 7. The van der Waals surface area contributed by atoms with Crippen LogP contribution in [0.3, 0.4) is 0 Å². The summed E-state index contributed by atoms with van der Waals surface area (Å²) in [7, 11) is 0. The van der Waals surface area contributed by atoms with Crippen LogP contribution in [0.5, 0.6) is 0 Å². The first-order valence-electron chi connectivity index (χ1n) is 14.8. The molecule has 3 heterocycles. The lowest BCUT2D eigenvalue weighted by Gasteiger charge is -2.40. The Morgan fingerprint density at radius 2 is 1.77 bits per heavy atom. The number of hydrogen-bond donors (Lipinski definition) is 4. The van der Waals surface area contributed by atoms with E-state index in [2.05, 4.69) is 35.7 Å². The summed E-state index contributed by atoms with van der Waals surface area (Å²) in [6.07, 6.45) is 14.1. The van der Waals surface area contributed by atoms with Crippen molar-refractivity contribution in [2.24, 2.45) is 5.92 Å². The summed E-state index contributed by atoms with van der Waals surface area (Å²) in [4.78, 5) is 38.6. The summed E-state index contributed by atoms with van der Waals surface area (Å²) < 4.78 is 0. The molecule has 0 radical (unpaired) electrons. The molecule has 0 bridgehead atoms. The standard InChI is InChI=1S/C28H41N9O2/c29-27-30-13-10-24(33-27)32-25-17-23(34-35-25)19-8-9-22(16-19)37(21-4-2-1-3-5-21)28(39)31-20-11-14-36(15-12-20)26(38)18-6-7-18/h10,13,17-22H,1-9,11-12,14-16H2,(H,31,39)(H4,29,30,32,33,34,35). The Hall–Kier alpha value is -3.37. The van der Waals surface area contributed by atoms with Crippen molar-refractivity contribution in [2.45, 2.75) is 101 Å². The van der Waals surface area contributed by atoms with Crippen LogP contribution in [0.1, 0.15) is 88.7 Å². The van der Waals surface area contributed by atoms with Gasteiger partial charge in [0.15, 0.2) is 5.82 Å². The highest BCUT2D eigenvalue weighted by molar-refractivity contribution is 5.81. The number of rotatable bonds is 7. The van der Waals surface area contributed by atoms with Crippen LogP contribution in [0.4, 0.5) is 22.4 Å². The summed E-state index contributed by atoms with van der Waals surface area (Å²) in [5, 5.41) is 14.2. The van der Waals surface area contributed by atoms with Crippen LogP contribution in [0.15, 0.2) is 18.3 Å². The van der Waals surface area contributed by atoms with Crippen LogP contribution < -0.4 is 16.4 Å². The van der Waals surface area contributed by atoms with Crippen LogP contribution in [-0.2, 0) is 4.79 Å². The zero-order valence-corrected chi connectivity index (χ0v) is 22.6. The Morgan fingerprint density at radius 1 is 0.974 bits per heavy atom. The van der Waals surface area contributed by atoms with E-state index in [1.165, 1.54) is 19.3 Å². The molecule has 1 aliphatic heterocycles. The number of aromatic nitrogens is 4. The zero-order chi connectivity index (χ0) is 26.8. The Bertz CT molecular complexity index is 1150. The molecule has 0 spiro atoms. The van der Waals surface area contributed by atoms with Gasteiger partial charge in [-0.05, 0) is 63.9 Å². The number of urea groups is 1. The lowest BCUT2D eigenvalue weighted by Crippen LogP contribution is -2.55. The van der Waals surface area contributed by atoms with Crippen molar-refractivity contribution in [2.75, 3.05) is 24.1 Å². The first-order valence-corrected chi connectivity index (χ1v) is 14.8. The van der Waals surface area contributed by atoms with E-state index in [-0.39, 0.29) is 30.0 Å². The second-order valence-corrected chi connectivity index (χ2v) is 11.8. The van der Waals surface area contributed by atoms with Gasteiger partial charge in [0.05, 0.1) is 0 Å². The molecular weight excluding hydrogens is 494 g/mol. The number of H-pyrrole nitrogens is 1. The molecule has 4 fully saturated rings. The number of nitrogens with zero attached hydrogens (tertiary/aromatic N) is 5. The number of nitrogens with one attached hydrogen (secondary N) is 3. The predicted molar refractivity (Wildman–Crippen MR) is 148 cm³/mol. The Kier molecular flexibility index (Phi) is 7.56. The lowest BCUT2D eigenvalue weighted by atomic mass is 9.92. The maximum Gasteiger partial charge on any atom is 0.318 e. The highest BCUT2D eigenvalue weighted by Gasteiger charge is 2.39. The number of nitrogen functional groups attached to an aromatic ring is 1. The van der Waals surface area contributed by atoms with E-state index in [1.807, 2.05) is 11.0 Å². The largest absolute Gasteiger partial charge is 0.368 e. The third-order valence-corrected chi connectivity index (χ3v) is 9.03.